The number of aromatic nitrogens is 1. The molecule has 1 aromatic heterocycles. The molecule has 1 heterocycles. The average Bonchev–Trinajstić information content (AvgIpc) is 2.72. The minimum atomic E-state index is -0.293. The van der Waals surface area contributed by atoms with E-state index in [1.807, 2.05) is 18.2 Å². The first kappa shape index (κ1) is 18.2. The number of amides is 1. The van der Waals surface area contributed by atoms with Crippen LogP contribution in [0.5, 0.6) is 0 Å². The molecule has 0 saturated carbocycles. The number of carbonyl (C=O) groups is 1. The molecule has 0 unspecified atom stereocenters. The smallest absolute Gasteiger partial charge is 0.257 e. The van der Waals surface area contributed by atoms with Gasteiger partial charge in [-0.25, -0.2) is 0 Å². The molecule has 134 valence electrons. The summed E-state index contributed by atoms with van der Waals surface area (Å²) in [6, 6.07) is 21.1. The topological polar surface area (TPSA) is 77.8 Å². The van der Waals surface area contributed by atoms with E-state index in [4.69, 9.17) is 5.26 Å². The van der Waals surface area contributed by atoms with Crippen LogP contribution in [0.15, 0.2) is 73.1 Å². The van der Waals surface area contributed by atoms with Gasteiger partial charge < -0.3 is 10.6 Å². The predicted molar refractivity (Wildman–Crippen MR) is 107 cm³/mol. The van der Waals surface area contributed by atoms with E-state index in [2.05, 4.69) is 33.8 Å². The molecule has 0 aliphatic heterocycles. The molecule has 0 atom stereocenters. The van der Waals surface area contributed by atoms with E-state index >= 15 is 0 Å². The molecule has 0 bridgehead atoms. The molecule has 3 rings (SSSR count). The molecule has 2 aromatic carbocycles. The highest BCUT2D eigenvalue weighted by Gasteiger charge is 2.10. The Morgan fingerprint density at radius 3 is 2.63 bits per heavy atom. The maximum Gasteiger partial charge on any atom is 0.257 e. The third kappa shape index (κ3) is 5.16. The molecule has 0 spiro atoms. The van der Waals surface area contributed by atoms with Gasteiger partial charge in [0.25, 0.3) is 5.91 Å². The van der Waals surface area contributed by atoms with Crippen LogP contribution in [0, 0.1) is 11.3 Å². The Kier molecular flexibility index (Phi) is 6.16. The predicted octanol–water partition coefficient (Wildman–Crippen LogP) is 4.25. The summed E-state index contributed by atoms with van der Waals surface area (Å²) in [4.78, 5) is 16.6. The highest BCUT2D eigenvalue weighted by molar-refractivity contribution is 6.05. The first-order valence-electron chi connectivity index (χ1n) is 8.79. The van der Waals surface area contributed by atoms with Crippen LogP contribution in [0.3, 0.4) is 0 Å². The van der Waals surface area contributed by atoms with Crippen LogP contribution >= 0.6 is 0 Å². The molecule has 0 fully saturated rings. The van der Waals surface area contributed by atoms with Gasteiger partial charge in [0.15, 0.2) is 0 Å². The van der Waals surface area contributed by atoms with E-state index in [-0.39, 0.29) is 5.91 Å². The van der Waals surface area contributed by atoms with E-state index in [1.54, 1.807) is 36.5 Å². The lowest BCUT2D eigenvalue weighted by atomic mass is 10.1. The van der Waals surface area contributed by atoms with Gasteiger partial charge in [-0.15, -0.1) is 0 Å². The molecule has 0 radical (unpaired) electrons. The van der Waals surface area contributed by atoms with Gasteiger partial charge in [0.05, 0.1) is 22.5 Å². The molecular weight excluding hydrogens is 336 g/mol. The van der Waals surface area contributed by atoms with Crippen molar-refractivity contribution in [2.24, 2.45) is 0 Å². The zero-order chi connectivity index (χ0) is 18.9. The number of benzene rings is 2. The number of carbonyl (C=O) groups excluding carboxylic acids is 1. The molecule has 0 aliphatic carbocycles. The van der Waals surface area contributed by atoms with Crippen molar-refractivity contribution in [3.8, 4) is 6.07 Å². The van der Waals surface area contributed by atoms with Crippen LogP contribution in [-0.4, -0.2) is 17.4 Å². The third-order valence-corrected chi connectivity index (χ3v) is 4.11. The van der Waals surface area contributed by atoms with Crippen molar-refractivity contribution in [1.29, 1.82) is 5.26 Å². The van der Waals surface area contributed by atoms with E-state index in [9.17, 15) is 4.79 Å². The number of para-hydroxylation sites is 1. The van der Waals surface area contributed by atoms with Crippen molar-refractivity contribution in [3.63, 3.8) is 0 Å². The summed E-state index contributed by atoms with van der Waals surface area (Å²) in [7, 11) is 0. The Bertz CT molecular complexity index is 948. The summed E-state index contributed by atoms with van der Waals surface area (Å²) in [6.45, 7) is 0.791. The lowest BCUT2D eigenvalue weighted by Gasteiger charge is -2.09. The number of aryl methyl sites for hydroxylation is 1. The second-order valence-electron chi connectivity index (χ2n) is 6.09. The summed E-state index contributed by atoms with van der Waals surface area (Å²) in [5.41, 5.74) is 3.46. The molecule has 0 aliphatic rings. The highest BCUT2D eigenvalue weighted by Crippen LogP contribution is 2.16. The molecule has 2 N–H and O–H groups in total. The van der Waals surface area contributed by atoms with Gasteiger partial charge in [-0.3, -0.25) is 9.78 Å². The quantitative estimate of drug-likeness (QED) is 0.620. The van der Waals surface area contributed by atoms with Crippen LogP contribution in [-0.2, 0) is 6.42 Å². The molecule has 5 heteroatoms. The van der Waals surface area contributed by atoms with Gasteiger partial charge >= 0.3 is 0 Å². The van der Waals surface area contributed by atoms with Crippen LogP contribution in [0.1, 0.15) is 27.9 Å². The van der Waals surface area contributed by atoms with Crippen molar-refractivity contribution >= 4 is 17.3 Å². The zero-order valence-electron chi connectivity index (χ0n) is 14.9. The van der Waals surface area contributed by atoms with Gasteiger partial charge in [0.1, 0.15) is 6.07 Å². The number of rotatable bonds is 7. The fourth-order valence-electron chi connectivity index (χ4n) is 2.71. The van der Waals surface area contributed by atoms with E-state index < -0.39 is 0 Å². The van der Waals surface area contributed by atoms with Gasteiger partial charge in [-0.2, -0.15) is 5.26 Å². The standard InChI is InChI=1S/C22H20N4O/c23-14-18-10-4-5-11-21(18)26-22(27)19-13-20(16-24-15-19)25-12-6-9-17-7-2-1-3-8-17/h1-5,7-8,10-11,13,15-16,25H,6,9,12H2,(H,26,27). The average molecular weight is 356 g/mol. The van der Waals surface area contributed by atoms with Gasteiger partial charge in [-0.05, 0) is 36.6 Å². The Hall–Kier alpha value is -3.65. The Morgan fingerprint density at radius 2 is 1.81 bits per heavy atom. The molecule has 27 heavy (non-hydrogen) atoms. The highest BCUT2D eigenvalue weighted by atomic mass is 16.1. The first-order valence-corrected chi connectivity index (χ1v) is 8.79. The Labute approximate surface area is 158 Å². The van der Waals surface area contributed by atoms with Gasteiger partial charge in [0.2, 0.25) is 0 Å². The molecule has 3 aromatic rings. The van der Waals surface area contributed by atoms with E-state index in [1.165, 1.54) is 11.8 Å². The maximum atomic E-state index is 12.5. The molecule has 0 saturated heterocycles. The number of nitrogens with zero attached hydrogens (tertiary/aromatic N) is 2. The van der Waals surface area contributed by atoms with Crippen molar-refractivity contribution in [2.45, 2.75) is 12.8 Å². The third-order valence-electron chi connectivity index (χ3n) is 4.11. The largest absolute Gasteiger partial charge is 0.384 e. The molecule has 5 nitrogen and oxygen atoms in total. The minimum absolute atomic E-state index is 0.293. The second kappa shape index (κ2) is 9.16. The summed E-state index contributed by atoms with van der Waals surface area (Å²) in [5, 5.41) is 15.2. The maximum absolute atomic E-state index is 12.5. The number of nitriles is 1. The summed E-state index contributed by atoms with van der Waals surface area (Å²) >= 11 is 0. The Morgan fingerprint density at radius 1 is 1.04 bits per heavy atom. The lowest BCUT2D eigenvalue weighted by molar-refractivity contribution is 0.102. The van der Waals surface area contributed by atoms with Crippen molar-refractivity contribution in [3.05, 3.63) is 89.7 Å². The van der Waals surface area contributed by atoms with Crippen molar-refractivity contribution in [1.82, 2.24) is 4.98 Å². The number of pyridine rings is 1. The summed E-state index contributed by atoms with van der Waals surface area (Å²) in [5.74, 6) is -0.293. The van der Waals surface area contributed by atoms with Crippen LogP contribution < -0.4 is 10.6 Å². The molecular formula is C22H20N4O. The van der Waals surface area contributed by atoms with Crippen molar-refractivity contribution < 1.29 is 4.79 Å². The van der Waals surface area contributed by atoms with Crippen LogP contribution in [0.2, 0.25) is 0 Å². The summed E-state index contributed by atoms with van der Waals surface area (Å²) < 4.78 is 0. The Balaban J connectivity index is 1.56. The fraction of sp³-hybridized carbons (Fsp3) is 0.136. The fourth-order valence-corrected chi connectivity index (χ4v) is 2.71. The summed E-state index contributed by atoms with van der Waals surface area (Å²) in [6.07, 6.45) is 5.18. The number of anilines is 2. The number of hydrogen-bond acceptors (Lipinski definition) is 4. The minimum Gasteiger partial charge on any atom is -0.384 e. The van der Waals surface area contributed by atoms with Gasteiger partial charge in [0, 0.05) is 18.9 Å². The van der Waals surface area contributed by atoms with Gasteiger partial charge in [-0.1, -0.05) is 42.5 Å². The molecule has 1 amide bonds. The first-order chi connectivity index (χ1) is 13.3. The van der Waals surface area contributed by atoms with E-state index in [0.29, 0.717) is 16.8 Å². The number of hydrogen-bond donors (Lipinski definition) is 2. The van der Waals surface area contributed by atoms with E-state index in [0.717, 1.165) is 25.1 Å². The van der Waals surface area contributed by atoms with Crippen LogP contribution in [0.4, 0.5) is 11.4 Å². The van der Waals surface area contributed by atoms with Crippen LogP contribution in [0.25, 0.3) is 0 Å². The number of nitrogens with one attached hydrogen (secondary N) is 2. The second-order valence-corrected chi connectivity index (χ2v) is 6.09. The van der Waals surface area contributed by atoms with Crippen molar-refractivity contribution in [2.75, 3.05) is 17.2 Å². The zero-order valence-corrected chi connectivity index (χ0v) is 14.9. The lowest BCUT2D eigenvalue weighted by Crippen LogP contribution is -2.14. The normalized spacial score (nSPS) is 10.0. The monoisotopic (exact) mass is 356 g/mol. The SMILES string of the molecule is N#Cc1ccccc1NC(=O)c1cncc(NCCCc2ccccc2)c1.